The van der Waals surface area contributed by atoms with Gasteiger partial charge in [-0.3, -0.25) is 14.2 Å². The number of carbonyl (C=O) groups is 1. The molecule has 0 saturated heterocycles. The van der Waals surface area contributed by atoms with Crippen molar-refractivity contribution in [2.24, 2.45) is 5.73 Å². The Balaban J connectivity index is 2.69. The highest BCUT2D eigenvalue weighted by Crippen LogP contribution is 2.29. The Labute approximate surface area is 127 Å². The first kappa shape index (κ1) is 15.6. The summed E-state index contributed by atoms with van der Waals surface area (Å²) < 4.78 is 6.22. The fourth-order valence-corrected chi connectivity index (χ4v) is 2.31. The molecule has 3 N–H and O–H groups in total. The minimum atomic E-state index is -0.784. The maximum Gasteiger partial charge on any atom is 0.254 e. The van der Waals surface area contributed by atoms with Gasteiger partial charge in [0, 0.05) is 18.2 Å². The number of rotatable bonds is 5. The van der Waals surface area contributed by atoms with Crippen LogP contribution >= 0.6 is 0 Å². The molecular formula is C16H18N2O4. The van der Waals surface area contributed by atoms with E-state index in [4.69, 9.17) is 10.5 Å². The van der Waals surface area contributed by atoms with Gasteiger partial charge in [-0.25, -0.2) is 0 Å². The molecule has 0 aliphatic carbocycles. The second kappa shape index (κ2) is 6.34. The first-order valence-electron chi connectivity index (χ1n) is 6.90. The van der Waals surface area contributed by atoms with Gasteiger partial charge in [-0.15, -0.1) is 0 Å². The van der Waals surface area contributed by atoms with Crippen molar-refractivity contribution in [3.05, 3.63) is 46.2 Å². The van der Waals surface area contributed by atoms with E-state index in [1.54, 1.807) is 31.4 Å². The van der Waals surface area contributed by atoms with Crippen molar-refractivity contribution in [1.29, 1.82) is 0 Å². The lowest BCUT2D eigenvalue weighted by molar-refractivity contribution is 0.0996. The van der Waals surface area contributed by atoms with Crippen molar-refractivity contribution in [2.75, 3.05) is 7.11 Å². The van der Waals surface area contributed by atoms with Crippen LogP contribution in [0.25, 0.3) is 11.1 Å². The van der Waals surface area contributed by atoms with E-state index in [0.29, 0.717) is 29.8 Å². The number of nitrogens with two attached hydrogens (primary N) is 1. The smallest absolute Gasteiger partial charge is 0.254 e. The summed E-state index contributed by atoms with van der Waals surface area (Å²) in [5.41, 5.74) is 5.86. The highest BCUT2D eigenvalue weighted by Gasteiger charge is 2.20. The molecule has 2 rings (SSSR count). The molecule has 0 radical (unpaired) electrons. The summed E-state index contributed by atoms with van der Waals surface area (Å²) in [7, 11) is 1.54. The third-order valence-electron chi connectivity index (χ3n) is 3.38. The van der Waals surface area contributed by atoms with Gasteiger partial charge < -0.3 is 15.6 Å². The highest BCUT2D eigenvalue weighted by molar-refractivity contribution is 6.01. The lowest BCUT2D eigenvalue weighted by Gasteiger charge is -2.14. The summed E-state index contributed by atoms with van der Waals surface area (Å²) in [6, 6.07) is 8.12. The normalized spacial score (nSPS) is 10.5. The maximum atomic E-state index is 12.1. The quantitative estimate of drug-likeness (QED) is 0.879. The Kier molecular flexibility index (Phi) is 4.50. The van der Waals surface area contributed by atoms with E-state index in [0.717, 1.165) is 4.57 Å². The molecule has 0 bridgehead atoms. The van der Waals surface area contributed by atoms with Crippen LogP contribution in [0.2, 0.25) is 0 Å². The molecule has 2 aromatic rings. The SMILES string of the molecule is CCCn1c(O)c(C(N)=O)c(-c2ccc(OC)cc2)cc1=O. The fourth-order valence-electron chi connectivity index (χ4n) is 2.31. The Morgan fingerprint density at radius 1 is 1.32 bits per heavy atom. The topological polar surface area (TPSA) is 94.6 Å². The number of nitrogens with zero attached hydrogens (tertiary/aromatic N) is 1. The van der Waals surface area contributed by atoms with Crippen LogP contribution in [-0.4, -0.2) is 22.7 Å². The summed E-state index contributed by atoms with van der Waals surface area (Å²) in [6.45, 7) is 2.18. The zero-order chi connectivity index (χ0) is 16.3. The van der Waals surface area contributed by atoms with E-state index in [-0.39, 0.29) is 11.1 Å². The van der Waals surface area contributed by atoms with Gasteiger partial charge in [-0.1, -0.05) is 19.1 Å². The van der Waals surface area contributed by atoms with Crippen LogP contribution in [0.15, 0.2) is 35.1 Å². The maximum absolute atomic E-state index is 12.1. The van der Waals surface area contributed by atoms with Gasteiger partial charge in [0.25, 0.3) is 11.5 Å². The van der Waals surface area contributed by atoms with Crippen LogP contribution < -0.4 is 16.0 Å². The molecule has 6 nitrogen and oxygen atoms in total. The van der Waals surface area contributed by atoms with Gasteiger partial charge >= 0.3 is 0 Å². The number of hydrogen-bond donors (Lipinski definition) is 2. The number of aromatic nitrogens is 1. The molecular weight excluding hydrogens is 284 g/mol. The van der Waals surface area contributed by atoms with Gasteiger partial charge in [0.15, 0.2) is 0 Å². The van der Waals surface area contributed by atoms with Crippen molar-refractivity contribution in [3.8, 4) is 22.8 Å². The van der Waals surface area contributed by atoms with Crippen LogP contribution in [0, 0.1) is 0 Å². The average Bonchev–Trinajstić information content (AvgIpc) is 2.50. The molecule has 0 unspecified atom stereocenters. The Bertz CT molecular complexity index is 748. The summed E-state index contributed by atoms with van der Waals surface area (Å²) in [6.07, 6.45) is 0.646. The number of amides is 1. The molecule has 1 heterocycles. The fraction of sp³-hybridized carbons (Fsp3) is 0.250. The number of ether oxygens (including phenoxy) is 1. The predicted molar refractivity (Wildman–Crippen MR) is 83.2 cm³/mol. The van der Waals surface area contributed by atoms with Crippen LogP contribution in [-0.2, 0) is 6.54 Å². The van der Waals surface area contributed by atoms with Crippen molar-refractivity contribution in [1.82, 2.24) is 4.57 Å². The van der Waals surface area contributed by atoms with E-state index in [1.807, 2.05) is 6.92 Å². The number of methoxy groups -OCH3 is 1. The van der Waals surface area contributed by atoms with Crippen molar-refractivity contribution >= 4 is 5.91 Å². The van der Waals surface area contributed by atoms with Crippen molar-refractivity contribution < 1.29 is 14.6 Å². The van der Waals surface area contributed by atoms with Crippen LogP contribution in [0.5, 0.6) is 11.6 Å². The minimum absolute atomic E-state index is 0.0572. The third kappa shape index (κ3) is 2.81. The number of benzene rings is 1. The monoisotopic (exact) mass is 302 g/mol. The van der Waals surface area contributed by atoms with Crippen LogP contribution in [0.1, 0.15) is 23.7 Å². The standard InChI is InChI=1S/C16H18N2O4/c1-3-8-18-13(19)9-12(14(15(17)20)16(18)21)10-4-6-11(22-2)7-5-10/h4-7,9,21H,3,8H2,1-2H3,(H2,17,20). The van der Waals surface area contributed by atoms with E-state index in [9.17, 15) is 14.7 Å². The minimum Gasteiger partial charge on any atom is -0.497 e. The van der Waals surface area contributed by atoms with E-state index >= 15 is 0 Å². The third-order valence-corrected chi connectivity index (χ3v) is 3.38. The van der Waals surface area contributed by atoms with Crippen molar-refractivity contribution in [3.63, 3.8) is 0 Å². The molecule has 1 aromatic heterocycles. The number of hydrogen-bond acceptors (Lipinski definition) is 4. The van der Waals surface area contributed by atoms with Crippen LogP contribution in [0.4, 0.5) is 0 Å². The molecule has 0 saturated carbocycles. The second-order valence-electron chi connectivity index (χ2n) is 4.84. The molecule has 116 valence electrons. The number of carbonyl (C=O) groups excluding carboxylic acids is 1. The Hall–Kier alpha value is -2.76. The van der Waals surface area contributed by atoms with Gasteiger partial charge in [0.1, 0.15) is 11.3 Å². The Morgan fingerprint density at radius 3 is 2.45 bits per heavy atom. The number of pyridine rings is 1. The number of aromatic hydroxyl groups is 1. The van der Waals surface area contributed by atoms with E-state index in [1.165, 1.54) is 6.07 Å². The summed E-state index contributed by atoms with van der Waals surface area (Å²) in [5, 5.41) is 10.3. The number of primary amides is 1. The van der Waals surface area contributed by atoms with Crippen LogP contribution in [0.3, 0.4) is 0 Å². The first-order chi connectivity index (χ1) is 10.5. The van der Waals surface area contributed by atoms with E-state index < -0.39 is 11.8 Å². The molecule has 0 fully saturated rings. The zero-order valence-corrected chi connectivity index (χ0v) is 12.5. The largest absolute Gasteiger partial charge is 0.497 e. The van der Waals surface area contributed by atoms with Gasteiger partial charge in [0.2, 0.25) is 5.88 Å². The summed E-state index contributed by atoms with van der Waals surface area (Å²) >= 11 is 0. The molecule has 0 atom stereocenters. The molecule has 0 aliphatic rings. The molecule has 1 aromatic carbocycles. The second-order valence-corrected chi connectivity index (χ2v) is 4.84. The Morgan fingerprint density at radius 2 is 1.95 bits per heavy atom. The lowest BCUT2D eigenvalue weighted by Crippen LogP contribution is -2.24. The molecule has 22 heavy (non-hydrogen) atoms. The van der Waals surface area contributed by atoms with E-state index in [2.05, 4.69) is 0 Å². The summed E-state index contributed by atoms with van der Waals surface area (Å²) in [5.74, 6) is -0.534. The van der Waals surface area contributed by atoms with Gasteiger partial charge in [0.05, 0.1) is 7.11 Å². The zero-order valence-electron chi connectivity index (χ0n) is 12.5. The predicted octanol–water partition coefficient (Wildman–Crippen LogP) is 1.74. The van der Waals surface area contributed by atoms with Crippen molar-refractivity contribution in [2.45, 2.75) is 19.9 Å². The first-order valence-corrected chi connectivity index (χ1v) is 6.90. The van der Waals surface area contributed by atoms with Gasteiger partial charge in [-0.05, 0) is 24.1 Å². The average molecular weight is 302 g/mol. The molecule has 0 spiro atoms. The molecule has 0 aliphatic heterocycles. The molecule has 6 heteroatoms. The summed E-state index contributed by atoms with van der Waals surface area (Å²) in [4.78, 5) is 23.9. The molecule has 1 amide bonds. The lowest BCUT2D eigenvalue weighted by atomic mass is 10.0. The highest BCUT2D eigenvalue weighted by atomic mass is 16.5. The van der Waals surface area contributed by atoms with Gasteiger partial charge in [-0.2, -0.15) is 0 Å².